The number of carbonyl (C=O) groups excluding carboxylic acids is 1. The second-order valence-corrected chi connectivity index (χ2v) is 6.23. The van der Waals surface area contributed by atoms with Gasteiger partial charge in [-0.05, 0) is 48.4 Å². The molecule has 3 heterocycles. The first-order chi connectivity index (χ1) is 12.1. The van der Waals surface area contributed by atoms with Gasteiger partial charge in [-0.25, -0.2) is 4.68 Å². The molecule has 0 fully saturated rings. The number of nitrogen functional groups attached to an aromatic ring is 1. The lowest BCUT2D eigenvalue weighted by Crippen LogP contribution is -2.36. The molecule has 2 N–H and O–H groups in total. The van der Waals surface area contributed by atoms with Crippen LogP contribution in [0.25, 0.3) is 5.69 Å². The molecule has 0 atom stereocenters. The van der Waals surface area contributed by atoms with E-state index in [1.807, 2.05) is 42.3 Å². The number of aryl methyl sites for hydroxylation is 1. The number of amides is 1. The van der Waals surface area contributed by atoms with Gasteiger partial charge in [-0.15, -0.1) is 5.10 Å². The fourth-order valence-electron chi connectivity index (χ4n) is 3.01. The molecule has 7 nitrogen and oxygen atoms in total. The highest BCUT2D eigenvalue weighted by Gasteiger charge is 2.23. The van der Waals surface area contributed by atoms with E-state index >= 15 is 0 Å². The lowest BCUT2D eigenvalue weighted by molar-refractivity contribution is 0.0733. The number of hydrogen-bond acceptors (Lipinski definition) is 5. The zero-order valence-electron chi connectivity index (χ0n) is 13.9. The lowest BCUT2D eigenvalue weighted by Gasteiger charge is -2.28. The summed E-state index contributed by atoms with van der Waals surface area (Å²) in [6.07, 6.45) is 4.45. The molecule has 1 amide bonds. The Bertz CT molecular complexity index is 931. The summed E-state index contributed by atoms with van der Waals surface area (Å²) in [5.74, 6) is 0.385. The number of aromatic nitrogens is 4. The van der Waals surface area contributed by atoms with Crippen molar-refractivity contribution >= 4 is 11.7 Å². The van der Waals surface area contributed by atoms with Crippen LogP contribution in [0.5, 0.6) is 0 Å². The third kappa shape index (κ3) is 2.96. The maximum atomic E-state index is 12.8. The number of nitrogens with two attached hydrogens (primary N) is 1. The van der Waals surface area contributed by atoms with Gasteiger partial charge in [0.15, 0.2) is 0 Å². The second-order valence-electron chi connectivity index (χ2n) is 6.23. The summed E-state index contributed by atoms with van der Waals surface area (Å²) in [6, 6.07) is 9.28. The Morgan fingerprint density at radius 2 is 2.00 bits per heavy atom. The normalized spacial score (nSPS) is 13.6. The largest absolute Gasteiger partial charge is 0.382 e. The summed E-state index contributed by atoms with van der Waals surface area (Å²) >= 11 is 0. The van der Waals surface area contributed by atoms with Crippen LogP contribution >= 0.6 is 0 Å². The number of fused-ring (bicyclic) bond motifs is 1. The van der Waals surface area contributed by atoms with Crippen molar-refractivity contribution < 1.29 is 4.79 Å². The minimum absolute atomic E-state index is 0.00392. The average molecular weight is 334 g/mol. The van der Waals surface area contributed by atoms with Crippen molar-refractivity contribution in [2.45, 2.75) is 19.9 Å². The van der Waals surface area contributed by atoms with Crippen molar-refractivity contribution in [3.63, 3.8) is 0 Å². The highest BCUT2D eigenvalue weighted by Crippen LogP contribution is 2.20. The summed E-state index contributed by atoms with van der Waals surface area (Å²) in [4.78, 5) is 14.6. The maximum absolute atomic E-state index is 12.8. The number of benzene rings is 1. The number of rotatable bonds is 2. The number of hydrogen-bond donors (Lipinski definition) is 1. The molecule has 25 heavy (non-hydrogen) atoms. The van der Waals surface area contributed by atoms with Gasteiger partial charge in [0.05, 0.1) is 17.6 Å². The van der Waals surface area contributed by atoms with E-state index in [1.54, 1.807) is 16.9 Å². The van der Waals surface area contributed by atoms with Crippen molar-refractivity contribution in [2.75, 3.05) is 12.3 Å². The summed E-state index contributed by atoms with van der Waals surface area (Å²) < 4.78 is 1.79. The summed E-state index contributed by atoms with van der Waals surface area (Å²) in [5, 5.41) is 12.3. The van der Waals surface area contributed by atoms with Crippen LogP contribution in [0.1, 0.15) is 27.2 Å². The first kappa shape index (κ1) is 15.3. The fraction of sp³-hybridized carbons (Fsp3) is 0.222. The molecule has 126 valence electrons. The number of nitrogens with zero attached hydrogens (tertiary/aromatic N) is 5. The molecule has 4 rings (SSSR count). The highest BCUT2D eigenvalue weighted by atomic mass is 16.2. The van der Waals surface area contributed by atoms with Crippen LogP contribution in [0, 0.1) is 6.92 Å². The minimum Gasteiger partial charge on any atom is -0.382 e. The highest BCUT2D eigenvalue weighted by molar-refractivity contribution is 5.94. The molecule has 3 aromatic rings. The summed E-state index contributed by atoms with van der Waals surface area (Å²) in [5.41, 5.74) is 10.3. The van der Waals surface area contributed by atoms with Gasteiger partial charge in [-0.2, -0.15) is 10.2 Å². The molecule has 1 aliphatic rings. The molecular formula is C18H18N6O. The van der Waals surface area contributed by atoms with Crippen molar-refractivity contribution in [2.24, 2.45) is 0 Å². The summed E-state index contributed by atoms with van der Waals surface area (Å²) in [7, 11) is 0. The average Bonchev–Trinajstić information content (AvgIpc) is 3.07. The summed E-state index contributed by atoms with van der Waals surface area (Å²) in [6.45, 7) is 3.13. The van der Waals surface area contributed by atoms with Crippen molar-refractivity contribution in [3.8, 4) is 5.69 Å². The molecule has 7 heteroatoms. The maximum Gasteiger partial charge on any atom is 0.254 e. The van der Waals surface area contributed by atoms with Crippen LogP contribution in [-0.2, 0) is 13.0 Å². The Labute approximate surface area is 145 Å². The SMILES string of the molecule is Cc1cnn(-c2ccc(C(=O)N3CCc4nnc(N)cc4C3)cc2)c1. The molecule has 0 aliphatic carbocycles. The molecule has 0 spiro atoms. The Morgan fingerprint density at radius 1 is 1.20 bits per heavy atom. The van der Waals surface area contributed by atoms with Crippen LogP contribution in [-0.4, -0.2) is 37.3 Å². The van der Waals surface area contributed by atoms with Crippen LogP contribution in [0.3, 0.4) is 0 Å². The quantitative estimate of drug-likeness (QED) is 0.771. The molecule has 0 saturated heterocycles. The smallest absolute Gasteiger partial charge is 0.254 e. The zero-order chi connectivity index (χ0) is 17.4. The van der Waals surface area contributed by atoms with Gasteiger partial charge in [0.1, 0.15) is 5.82 Å². The van der Waals surface area contributed by atoms with Crippen molar-refractivity contribution in [1.29, 1.82) is 0 Å². The van der Waals surface area contributed by atoms with Gasteiger partial charge in [0.25, 0.3) is 5.91 Å². The van der Waals surface area contributed by atoms with Gasteiger partial charge in [0.2, 0.25) is 0 Å². The third-order valence-electron chi connectivity index (χ3n) is 4.34. The van der Waals surface area contributed by atoms with E-state index in [-0.39, 0.29) is 5.91 Å². The van der Waals surface area contributed by atoms with Crippen molar-refractivity contribution in [3.05, 3.63) is 65.1 Å². The standard InChI is InChI=1S/C18H18N6O/c1-12-9-20-24(10-12)15-4-2-13(3-5-15)18(25)23-7-6-16-14(11-23)8-17(19)22-21-16/h2-5,8-10H,6-7,11H2,1H3,(H2,19,22). The van der Waals surface area contributed by atoms with Crippen LogP contribution < -0.4 is 5.73 Å². The van der Waals surface area contributed by atoms with E-state index in [0.717, 1.165) is 22.5 Å². The lowest BCUT2D eigenvalue weighted by atomic mass is 10.0. The van der Waals surface area contributed by atoms with Crippen LogP contribution in [0.2, 0.25) is 0 Å². The molecule has 0 bridgehead atoms. The molecular weight excluding hydrogens is 316 g/mol. The number of carbonyl (C=O) groups is 1. The van der Waals surface area contributed by atoms with E-state index in [9.17, 15) is 4.79 Å². The molecule has 2 aromatic heterocycles. The van der Waals surface area contributed by atoms with E-state index in [0.29, 0.717) is 30.9 Å². The van der Waals surface area contributed by atoms with Gasteiger partial charge in [-0.3, -0.25) is 4.79 Å². The third-order valence-corrected chi connectivity index (χ3v) is 4.34. The topological polar surface area (TPSA) is 89.9 Å². The van der Waals surface area contributed by atoms with Crippen LogP contribution in [0.15, 0.2) is 42.7 Å². The predicted molar refractivity (Wildman–Crippen MR) is 93.2 cm³/mol. The zero-order valence-corrected chi connectivity index (χ0v) is 13.9. The van der Waals surface area contributed by atoms with Crippen molar-refractivity contribution in [1.82, 2.24) is 24.9 Å². The van der Waals surface area contributed by atoms with Gasteiger partial charge in [0, 0.05) is 31.3 Å². The Morgan fingerprint density at radius 3 is 2.72 bits per heavy atom. The Balaban J connectivity index is 1.53. The first-order valence-corrected chi connectivity index (χ1v) is 8.12. The van der Waals surface area contributed by atoms with Gasteiger partial charge in [-0.1, -0.05) is 0 Å². The Hall–Kier alpha value is -3.22. The molecule has 1 aliphatic heterocycles. The van der Waals surface area contributed by atoms with Crippen LogP contribution in [0.4, 0.5) is 5.82 Å². The molecule has 0 saturated carbocycles. The molecule has 0 unspecified atom stereocenters. The Kier molecular flexibility index (Phi) is 3.68. The predicted octanol–water partition coefficient (Wildman–Crippen LogP) is 1.75. The minimum atomic E-state index is 0.00392. The monoisotopic (exact) mass is 334 g/mol. The second kappa shape index (κ2) is 6.01. The van der Waals surface area contributed by atoms with E-state index in [2.05, 4.69) is 15.3 Å². The molecule has 0 radical (unpaired) electrons. The molecule has 1 aromatic carbocycles. The first-order valence-electron chi connectivity index (χ1n) is 8.12. The van der Waals surface area contributed by atoms with Gasteiger partial charge < -0.3 is 10.6 Å². The van der Waals surface area contributed by atoms with E-state index < -0.39 is 0 Å². The van der Waals surface area contributed by atoms with E-state index in [4.69, 9.17) is 5.73 Å². The van der Waals surface area contributed by atoms with E-state index in [1.165, 1.54) is 0 Å². The fourth-order valence-corrected chi connectivity index (χ4v) is 3.01. The number of anilines is 1. The van der Waals surface area contributed by atoms with Gasteiger partial charge >= 0.3 is 0 Å².